The van der Waals surface area contributed by atoms with Crippen molar-refractivity contribution in [1.82, 2.24) is 0 Å². The van der Waals surface area contributed by atoms with Crippen LogP contribution in [0.2, 0.25) is 0 Å². The normalized spacial score (nSPS) is 12.1. The lowest BCUT2D eigenvalue weighted by Crippen LogP contribution is -2.25. The van der Waals surface area contributed by atoms with Gasteiger partial charge in [0.2, 0.25) is 0 Å². The number of ether oxygens (including phenoxy) is 1. The Morgan fingerprint density at radius 1 is 1.12 bits per heavy atom. The Morgan fingerprint density at radius 2 is 1.81 bits per heavy atom. The average Bonchev–Trinajstić information content (AvgIpc) is 2.68. The number of esters is 1. The molecule has 0 heterocycles. The van der Waals surface area contributed by atoms with Crippen LogP contribution in [0.15, 0.2) is 60.7 Å². The number of rotatable bonds is 9. The van der Waals surface area contributed by atoms with Gasteiger partial charge in [0.1, 0.15) is 6.61 Å². The molecule has 2 aromatic carbocycles. The molecule has 26 heavy (non-hydrogen) atoms. The molecule has 0 aromatic heterocycles. The zero-order chi connectivity index (χ0) is 18.8. The van der Waals surface area contributed by atoms with E-state index in [1.54, 1.807) is 0 Å². The Labute approximate surface area is 157 Å². The first-order valence-electron chi connectivity index (χ1n) is 9.28. The lowest BCUT2D eigenvalue weighted by atomic mass is 10.1. The molecule has 0 aliphatic rings. The second-order valence-electron chi connectivity index (χ2n) is 6.58. The fraction of sp³-hybridized carbons (Fsp3) is 0.348. The molecule has 0 fully saturated rings. The summed E-state index contributed by atoms with van der Waals surface area (Å²) in [6.07, 6.45) is 6.07. The highest BCUT2D eigenvalue weighted by Crippen LogP contribution is 2.15. The van der Waals surface area contributed by atoms with Crippen LogP contribution < -0.4 is 4.90 Å². The van der Waals surface area contributed by atoms with Gasteiger partial charge in [-0.15, -0.1) is 0 Å². The third-order valence-electron chi connectivity index (χ3n) is 4.53. The number of anilines is 1. The van der Waals surface area contributed by atoms with Crippen molar-refractivity contribution in [3.05, 3.63) is 71.8 Å². The van der Waals surface area contributed by atoms with Gasteiger partial charge >= 0.3 is 5.97 Å². The molecule has 0 aliphatic heterocycles. The predicted molar refractivity (Wildman–Crippen MR) is 109 cm³/mol. The van der Waals surface area contributed by atoms with E-state index in [1.807, 2.05) is 27.0 Å². The first-order valence-corrected chi connectivity index (χ1v) is 9.28. The van der Waals surface area contributed by atoms with Crippen molar-refractivity contribution in [3.8, 4) is 0 Å². The minimum absolute atomic E-state index is 0.0257. The molecule has 0 aliphatic carbocycles. The zero-order valence-electron chi connectivity index (χ0n) is 16.0. The summed E-state index contributed by atoms with van der Waals surface area (Å²) in [5.74, 6) is -0.137. The van der Waals surface area contributed by atoms with Gasteiger partial charge < -0.3 is 9.64 Å². The molecule has 0 saturated heterocycles. The van der Waals surface area contributed by atoms with E-state index in [0.29, 0.717) is 13.2 Å². The molecule has 2 aromatic rings. The number of hydrogen-bond donors (Lipinski definition) is 0. The molecule has 3 nitrogen and oxygen atoms in total. The molecule has 0 spiro atoms. The van der Waals surface area contributed by atoms with Crippen LogP contribution in [0.25, 0.3) is 6.08 Å². The summed E-state index contributed by atoms with van der Waals surface area (Å²) < 4.78 is 5.31. The fourth-order valence-electron chi connectivity index (χ4n) is 2.51. The molecule has 0 amide bonds. The van der Waals surface area contributed by atoms with Crippen LogP contribution in [0.1, 0.15) is 31.4 Å². The van der Waals surface area contributed by atoms with Gasteiger partial charge in [-0.1, -0.05) is 68.5 Å². The summed E-state index contributed by atoms with van der Waals surface area (Å²) in [5, 5.41) is 0. The van der Waals surface area contributed by atoms with Gasteiger partial charge in [-0.3, -0.25) is 4.79 Å². The van der Waals surface area contributed by atoms with E-state index in [9.17, 15) is 4.79 Å². The van der Waals surface area contributed by atoms with E-state index >= 15 is 0 Å². The van der Waals surface area contributed by atoms with Crippen molar-refractivity contribution in [2.24, 2.45) is 5.92 Å². The van der Waals surface area contributed by atoms with Gasteiger partial charge in [0.15, 0.2) is 0 Å². The second kappa shape index (κ2) is 10.4. The highest BCUT2D eigenvalue weighted by Gasteiger charge is 2.11. The van der Waals surface area contributed by atoms with Crippen molar-refractivity contribution < 1.29 is 9.53 Å². The standard InChI is InChI=1S/C23H29NO2/c1-4-19(2)23(25)26-18-17-24(3)22-15-13-21(14-16-22)12-8-11-20-9-6-5-7-10-20/h5-10,12-16,19H,4,11,17-18H2,1-3H3/b12-8+. The highest BCUT2D eigenvalue weighted by atomic mass is 16.5. The van der Waals surface area contributed by atoms with Crippen molar-refractivity contribution in [2.75, 3.05) is 25.1 Å². The number of benzene rings is 2. The van der Waals surface area contributed by atoms with Gasteiger partial charge in [0.25, 0.3) is 0 Å². The van der Waals surface area contributed by atoms with Gasteiger partial charge in [0.05, 0.1) is 12.5 Å². The molecule has 0 radical (unpaired) electrons. The molecule has 0 bridgehead atoms. The van der Waals surface area contributed by atoms with Crippen LogP contribution in [0.5, 0.6) is 0 Å². The third kappa shape index (κ3) is 6.40. The number of nitrogens with zero attached hydrogens (tertiary/aromatic N) is 1. The van der Waals surface area contributed by atoms with Crippen LogP contribution in [0, 0.1) is 5.92 Å². The van der Waals surface area contributed by atoms with Crippen LogP contribution in [0.3, 0.4) is 0 Å². The van der Waals surface area contributed by atoms with E-state index in [0.717, 1.165) is 18.5 Å². The Bertz CT molecular complexity index is 692. The van der Waals surface area contributed by atoms with E-state index in [2.05, 4.69) is 65.6 Å². The third-order valence-corrected chi connectivity index (χ3v) is 4.53. The van der Waals surface area contributed by atoms with E-state index < -0.39 is 0 Å². The Hall–Kier alpha value is -2.55. The van der Waals surface area contributed by atoms with Crippen molar-refractivity contribution in [2.45, 2.75) is 26.7 Å². The molecule has 2 rings (SSSR count). The van der Waals surface area contributed by atoms with Gasteiger partial charge in [0, 0.05) is 12.7 Å². The summed E-state index contributed by atoms with van der Waals surface area (Å²) in [6.45, 7) is 4.99. The van der Waals surface area contributed by atoms with Gasteiger partial charge in [-0.25, -0.2) is 0 Å². The monoisotopic (exact) mass is 351 g/mol. The first kappa shape index (κ1) is 19.8. The molecule has 138 valence electrons. The fourth-order valence-corrected chi connectivity index (χ4v) is 2.51. The maximum atomic E-state index is 11.7. The lowest BCUT2D eigenvalue weighted by Gasteiger charge is -2.19. The first-order chi connectivity index (χ1) is 12.6. The zero-order valence-corrected chi connectivity index (χ0v) is 16.0. The minimum atomic E-state index is -0.111. The molecule has 1 atom stereocenters. The topological polar surface area (TPSA) is 29.5 Å². The van der Waals surface area contributed by atoms with Crippen molar-refractivity contribution in [1.29, 1.82) is 0 Å². The summed E-state index contributed by atoms with van der Waals surface area (Å²) >= 11 is 0. The van der Waals surface area contributed by atoms with Crippen LogP contribution in [-0.4, -0.2) is 26.2 Å². The average molecular weight is 351 g/mol. The summed E-state index contributed by atoms with van der Waals surface area (Å²) in [7, 11) is 2.01. The molecule has 0 N–H and O–H groups in total. The summed E-state index contributed by atoms with van der Waals surface area (Å²) in [6, 6.07) is 18.8. The van der Waals surface area contributed by atoms with Gasteiger partial charge in [-0.2, -0.15) is 0 Å². The van der Waals surface area contributed by atoms with E-state index in [1.165, 1.54) is 11.1 Å². The van der Waals surface area contributed by atoms with Gasteiger partial charge in [-0.05, 0) is 36.1 Å². The Balaban J connectivity index is 1.79. The quantitative estimate of drug-likeness (QED) is 0.598. The smallest absolute Gasteiger partial charge is 0.308 e. The number of hydrogen-bond acceptors (Lipinski definition) is 3. The van der Waals surface area contributed by atoms with Crippen LogP contribution in [0.4, 0.5) is 5.69 Å². The molecule has 3 heteroatoms. The van der Waals surface area contributed by atoms with Crippen molar-refractivity contribution >= 4 is 17.7 Å². The molecular weight excluding hydrogens is 322 g/mol. The number of likely N-dealkylation sites (N-methyl/N-ethyl adjacent to an activating group) is 1. The predicted octanol–water partition coefficient (Wildman–Crippen LogP) is 4.97. The van der Waals surface area contributed by atoms with Crippen LogP contribution >= 0.6 is 0 Å². The molecule has 0 saturated carbocycles. The van der Waals surface area contributed by atoms with E-state index in [4.69, 9.17) is 4.74 Å². The SMILES string of the molecule is CCC(C)C(=O)OCCN(C)c1ccc(/C=C/Cc2ccccc2)cc1. The minimum Gasteiger partial charge on any atom is -0.464 e. The molecule has 1 unspecified atom stereocenters. The number of carbonyl (C=O) groups is 1. The number of allylic oxidation sites excluding steroid dienone is 1. The largest absolute Gasteiger partial charge is 0.464 e. The van der Waals surface area contributed by atoms with E-state index in [-0.39, 0.29) is 11.9 Å². The lowest BCUT2D eigenvalue weighted by molar-refractivity contribution is -0.147. The van der Waals surface area contributed by atoms with Crippen molar-refractivity contribution in [3.63, 3.8) is 0 Å². The highest BCUT2D eigenvalue weighted by molar-refractivity contribution is 5.71. The second-order valence-corrected chi connectivity index (χ2v) is 6.58. The maximum absolute atomic E-state index is 11.7. The maximum Gasteiger partial charge on any atom is 0.308 e. The summed E-state index contributed by atoms with van der Waals surface area (Å²) in [4.78, 5) is 13.8. The summed E-state index contributed by atoms with van der Waals surface area (Å²) in [5.41, 5.74) is 3.61. The Kier molecular flexibility index (Phi) is 7.94. The van der Waals surface area contributed by atoms with Crippen LogP contribution in [-0.2, 0) is 16.0 Å². The molecular formula is C23H29NO2. The Morgan fingerprint density at radius 3 is 2.46 bits per heavy atom. The number of carbonyl (C=O) groups excluding carboxylic acids is 1.